The van der Waals surface area contributed by atoms with Crippen LogP contribution in [0.15, 0.2) is 29.1 Å². The van der Waals surface area contributed by atoms with Gasteiger partial charge in [0.05, 0.1) is 16.2 Å². The Kier molecular flexibility index (Phi) is 5.19. The summed E-state index contributed by atoms with van der Waals surface area (Å²) in [6.07, 6.45) is 0. The molecule has 0 bridgehead atoms. The standard InChI is InChI=1S/C14H17ClN2OS/c1-10(2)16-6-11-3-4-14(13(15)5-11)18-7-12-8-19-9-17-12/h3-5,8-10,16H,6-7H2,1-2H3. The van der Waals surface area contributed by atoms with E-state index in [0.717, 1.165) is 17.8 Å². The molecule has 0 radical (unpaired) electrons. The van der Waals surface area contributed by atoms with Crippen LogP contribution >= 0.6 is 22.9 Å². The maximum atomic E-state index is 6.21. The van der Waals surface area contributed by atoms with Crippen molar-refractivity contribution in [2.24, 2.45) is 0 Å². The van der Waals surface area contributed by atoms with Crippen molar-refractivity contribution in [2.75, 3.05) is 0 Å². The molecule has 1 N–H and O–H groups in total. The van der Waals surface area contributed by atoms with Crippen LogP contribution in [0.3, 0.4) is 0 Å². The molecule has 1 aromatic heterocycles. The van der Waals surface area contributed by atoms with Crippen LogP contribution in [0.4, 0.5) is 0 Å². The van der Waals surface area contributed by atoms with Crippen LogP contribution in [0.25, 0.3) is 0 Å². The summed E-state index contributed by atoms with van der Waals surface area (Å²) in [7, 11) is 0. The molecule has 0 atom stereocenters. The Morgan fingerprint density at radius 2 is 2.26 bits per heavy atom. The first-order chi connectivity index (χ1) is 9.15. The number of hydrogen-bond donors (Lipinski definition) is 1. The lowest BCUT2D eigenvalue weighted by atomic mass is 10.2. The zero-order chi connectivity index (χ0) is 13.7. The SMILES string of the molecule is CC(C)NCc1ccc(OCc2cscn2)c(Cl)c1. The van der Waals surface area contributed by atoms with E-state index < -0.39 is 0 Å². The maximum absolute atomic E-state index is 6.21. The summed E-state index contributed by atoms with van der Waals surface area (Å²) in [5.41, 5.74) is 3.87. The second-order valence-electron chi connectivity index (χ2n) is 4.57. The summed E-state index contributed by atoms with van der Waals surface area (Å²) in [5.74, 6) is 0.697. The number of aromatic nitrogens is 1. The van der Waals surface area contributed by atoms with Crippen molar-refractivity contribution in [1.82, 2.24) is 10.3 Å². The van der Waals surface area contributed by atoms with E-state index in [1.807, 2.05) is 23.6 Å². The molecule has 0 spiro atoms. The van der Waals surface area contributed by atoms with E-state index in [1.54, 1.807) is 16.8 Å². The molecule has 0 amide bonds. The molecule has 5 heteroatoms. The van der Waals surface area contributed by atoms with Gasteiger partial charge in [0.2, 0.25) is 0 Å². The van der Waals surface area contributed by atoms with Crippen molar-refractivity contribution in [2.45, 2.75) is 33.0 Å². The van der Waals surface area contributed by atoms with Crippen LogP contribution in [0, 0.1) is 0 Å². The van der Waals surface area contributed by atoms with E-state index in [0.29, 0.717) is 23.4 Å². The van der Waals surface area contributed by atoms with Crippen molar-refractivity contribution >= 4 is 22.9 Å². The van der Waals surface area contributed by atoms with Crippen molar-refractivity contribution < 1.29 is 4.74 Å². The van der Waals surface area contributed by atoms with E-state index in [1.165, 1.54) is 0 Å². The van der Waals surface area contributed by atoms with Crippen LogP contribution in [0.1, 0.15) is 25.1 Å². The van der Waals surface area contributed by atoms with Gasteiger partial charge in [-0.25, -0.2) is 4.98 Å². The maximum Gasteiger partial charge on any atom is 0.138 e. The Hall–Kier alpha value is -1.10. The van der Waals surface area contributed by atoms with E-state index >= 15 is 0 Å². The lowest BCUT2D eigenvalue weighted by molar-refractivity contribution is 0.302. The highest BCUT2D eigenvalue weighted by Gasteiger charge is 2.05. The molecule has 102 valence electrons. The predicted octanol–water partition coefficient (Wildman–Crippen LogP) is 3.87. The first kappa shape index (κ1) is 14.3. The van der Waals surface area contributed by atoms with Gasteiger partial charge in [0, 0.05) is 18.0 Å². The molecule has 0 fully saturated rings. The lowest BCUT2D eigenvalue weighted by Crippen LogP contribution is -2.21. The molecule has 0 saturated heterocycles. The molecule has 1 aromatic carbocycles. The first-order valence-corrected chi connectivity index (χ1v) is 7.49. The average molecular weight is 297 g/mol. The number of nitrogens with one attached hydrogen (secondary N) is 1. The van der Waals surface area contributed by atoms with E-state index in [-0.39, 0.29) is 0 Å². The van der Waals surface area contributed by atoms with Crippen molar-refractivity contribution in [3.05, 3.63) is 45.4 Å². The van der Waals surface area contributed by atoms with Gasteiger partial charge in [-0.3, -0.25) is 0 Å². The Morgan fingerprint density at radius 3 is 2.89 bits per heavy atom. The van der Waals surface area contributed by atoms with Gasteiger partial charge in [0.25, 0.3) is 0 Å². The summed E-state index contributed by atoms with van der Waals surface area (Å²) in [6, 6.07) is 6.33. The number of hydrogen-bond acceptors (Lipinski definition) is 4. The Morgan fingerprint density at radius 1 is 1.42 bits per heavy atom. The minimum absolute atomic E-state index is 0.451. The average Bonchev–Trinajstić information content (AvgIpc) is 2.88. The van der Waals surface area contributed by atoms with Crippen LogP contribution in [0.2, 0.25) is 5.02 Å². The quantitative estimate of drug-likeness (QED) is 0.878. The molecule has 19 heavy (non-hydrogen) atoms. The summed E-state index contributed by atoms with van der Waals surface area (Å²) in [4.78, 5) is 4.17. The highest BCUT2D eigenvalue weighted by atomic mass is 35.5. The zero-order valence-corrected chi connectivity index (χ0v) is 12.6. The second-order valence-corrected chi connectivity index (χ2v) is 5.69. The first-order valence-electron chi connectivity index (χ1n) is 6.17. The van der Waals surface area contributed by atoms with Gasteiger partial charge in [0.15, 0.2) is 0 Å². The van der Waals surface area contributed by atoms with Crippen molar-refractivity contribution in [3.8, 4) is 5.75 Å². The van der Waals surface area contributed by atoms with Gasteiger partial charge < -0.3 is 10.1 Å². The Bertz CT molecular complexity index is 514. The molecule has 0 aliphatic carbocycles. The fraction of sp³-hybridized carbons (Fsp3) is 0.357. The molecular weight excluding hydrogens is 280 g/mol. The van der Waals surface area contributed by atoms with Gasteiger partial charge in [-0.1, -0.05) is 31.5 Å². The number of thiazole rings is 1. The number of benzene rings is 1. The third-order valence-corrected chi connectivity index (χ3v) is 3.50. The van der Waals surface area contributed by atoms with Crippen molar-refractivity contribution in [1.29, 1.82) is 0 Å². The number of halogens is 1. The summed E-state index contributed by atoms with van der Waals surface area (Å²) >= 11 is 7.77. The number of nitrogens with zero attached hydrogens (tertiary/aromatic N) is 1. The summed E-state index contributed by atoms with van der Waals surface area (Å²) in [6.45, 7) is 5.50. The monoisotopic (exact) mass is 296 g/mol. The molecule has 1 heterocycles. The highest BCUT2D eigenvalue weighted by Crippen LogP contribution is 2.26. The van der Waals surface area contributed by atoms with Gasteiger partial charge >= 0.3 is 0 Å². The van der Waals surface area contributed by atoms with Crippen molar-refractivity contribution in [3.63, 3.8) is 0 Å². The summed E-state index contributed by atoms with van der Waals surface area (Å²) in [5, 5.41) is 5.96. The Balaban J connectivity index is 1.94. The molecule has 3 nitrogen and oxygen atoms in total. The van der Waals surface area contributed by atoms with E-state index in [2.05, 4.69) is 24.1 Å². The van der Waals surface area contributed by atoms with Crippen LogP contribution in [0.5, 0.6) is 5.75 Å². The number of rotatable bonds is 6. The van der Waals surface area contributed by atoms with Gasteiger partial charge in [0.1, 0.15) is 12.4 Å². The fourth-order valence-corrected chi connectivity index (χ4v) is 2.35. The predicted molar refractivity (Wildman–Crippen MR) is 79.9 cm³/mol. The largest absolute Gasteiger partial charge is 0.486 e. The summed E-state index contributed by atoms with van der Waals surface area (Å²) < 4.78 is 5.65. The molecule has 0 aliphatic heterocycles. The molecule has 0 aliphatic rings. The van der Waals surface area contributed by atoms with E-state index in [4.69, 9.17) is 16.3 Å². The molecule has 2 rings (SSSR count). The zero-order valence-electron chi connectivity index (χ0n) is 11.0. The van der Waals surface area contributed by atoms with E-state index in [9.17, 15) is 0 Å². The van der Waals surface area contributed by atoms with Crippen LogP contribution < -0.4 is 10.1 Å². The molecule has 0 unspecified atom stereocenters. The minimum atomic E-state index is 0.451. The van der Waals surface area contributed by atoms with Gasteiger partial charge in [-0.05, 0) is 17.7 Å². The minimum Gasteiger partial charge on any atom is -0.486 e. The number of ether oxygens (including phenoxy) is 1. The third-order valence-electron chi connectivity index (χ3n) is 2.57. The highest BCUT2D eigenvalue weighted by molar-refractivity contribution is 7.07. The fourth-order valence-electron chi connectivity index (χ4n) is 1.55. The Labute approximate surface area is 122 Å². The molecule has 0 saturated carbocycles. The van der Waals surface area contributed by atoms with Crippen LogP contribution in [-0.4, -0.2) is 11.0 Å². The molecule has 2 aromatic rings. The molecular formula is C14H17ClN2OS. The van der Waals surface area contributed by atoms with Crippen LogP contribution in [-0.2, 0) is 13.2 Å². The smallest absolute Gasteiger partial charge is 0.138 e. The van der Waals surface area contributed by atoms with Gasteiger partial charge in [-0.2, -0.15) is 0 Å². The third kappa shape index (κ3) is 4.49. The normalized spacial score (nSPS) is 10.9. The lowest BCUT2D eigenvalue weighted by Gasteiger charge is -2.11. The topological polar surface area (TPSA) is 34.1 Å². The second kappa shape index (κ2) is 6.89. The van der Waals surface area contributed by atoms with Gasteiger partial charge in [-0.15, -0.1) is 11.3 Å².